The van der Waals surface area contributed by atoms with Crippen molar-refractivity contribution in [3.05, 3.63) is 29.3 Å². The van der Waals surface area contributed by atoms with Gasteiger partial charge in [0.25, 0.3) is 0 Å². The van der Waals surface area contributed by atoms with Crippen LogP contribution in [0.2, 0.25) is 0 Å². The first-order valence-electron chi connectivity index (χ1n) is 4.45. The lowest BCUT2D eigenvalue weighted by atomic mass is 10.1. The SMILES string of the molecule is COc1cc(CSC)cc(CSC)c1. The molecule has 0 spiro atoms. The van der Waals surface area contributed by atoms with E-state index in [0.717, 1.165) is 17.3 Å². The first kappa shape index (κ1) is 11.8. The van der Waals surface area contributed by atoms with Crippen molar-refractivity contribution in [3.63, 3.8) is 0 Å². The van der Waals surface area contributed by atoms with Crippen molar-refractivity contribution < 1.29 is 4.74 Å². The molecule has 0 aromatic heterocycles. The Hall–Kier alpha value is -0.280. The van der Waals surface area contributed by atoms with E-state index in [1.54, 1.807) is 7.11 Å². The summed E-state index contributed by atoms with van der Waals surface area (Å²) in [6.07, 6.45) is 4.24. The van der Waals surface area contributed by atoms with Crippen LogP contribution in [0.15, 0.2) is 18.2 Å². The van der Waals surface area contributed by atoms with Gasteiger partial charge in [-0.1, -0.05) is 6.07 Å². The van der Waals surface area contributed by atoms with Gasteiger partial charge in [-0.3, -0.25) is 0 Å². The Labute approximate surface area is 94.6 Å². The van der Waals surface area contributed by atoms with Gasteiger partial charge >= 0.3 is 0 Å². The van der Waals surface area contributed by atoms with Crippen LogP contribution in [-0.4, -0.2) is 19.6 Å². The summed E-state index contributed by atoms with van der Waals surface area (Å²) < 4.78 is 5.27. The van der Waals surface area contributed by atoms with Crippen molar-refractivity contribution >= 4 is 23.5 Å². The van der Waals surface area contributed by atoms with E-state index in [1.807, 2.05) is 23.5 Å². The molecule has 0 unspecified atom stereocenters. The van der Waals surface area contributed by atoms with Crippen LogP contribution in [0, 0.1) is 0 Å². The maximum Gasteiger partial charge on any atom is 0.119 e. The van der Waals surface area contributed by atoms with Gasteiger partial charge in [0.2, 0.25) is 0 Å². The van der Waals surface area contributed by atoms with Crippen LogP contribution in [-0.2, 0) is 11.5 Å². The third-order valence-corrected chi connectivity index (χ3v) is 3.13. The van der Waals surface area contributed by atoms with Gasteiger partial charge in [-0.05, 0) is 35.8 Å². The zero-order chi connectivity index (χ0) is 10.4. The summed E-state index contributed by atoms with van der Waals surface area (Å²) in [5, 5.41) is 0. The van der Waals surface area contributed by atoms with Crippen molar-refractivity contribution in [2.45, 2.75) is 11.5 Å². The van der Waals surface area contributed by atoms with Crippen molar-refractivity contribution in [2.75, 3.05) is 19.6 Å². The van der Waals surface area contributed by atoms with E-state index in [9.17, 15) is 0 Å². The molecule has 1 aromatic carbocycles. The second-order valence-electron chi connectivity index (χ2n) is 3.06. The van der Waals surface area contributed by atoms with E-state index < -0.39 is 0 Å². The van der Waals surface area contributed by atoms with Gasteiger partial charge in [-0.15, -0.1) is 0 Å². The fourth-order valence-corrected chi connectivity index (χ4v) is 2.35. The van der Waals surface area contributed by atoms with E-state index in [4.69, 9.17) is 4.74 Å². The van der Waals surface area contributed by atoms with Crippen LogP contribution in [0.1, 0.15) is 11.1 Å². The zero-order valence-corrected chi connectivity index (χ0v) is 10.5. The Bertz CT molecular complexity index is 262. The summed E-state index contributed by atoms with van der Waals surface area (Å²) in [6.45, 7) is 0. The average molecular weight is 228 g/mol. The van der Waals surface area contributed by atoms with E-state index in [1.165, 1.54) is 11.1 Å². The normalized spacial score (nSPS) is 10.2. The lowest BCUT2D eigenvalue weighted by molar-refractivity contribution is 0.414. The highest BCUT2D eigenvalue weighted by Gasteiger charge is 2.00. The molecule has 0 aliphatic carbocycles. The second-order valence-corrected chi connectivity index (χ2v) is 4.79. The molecule has 1 nitrogen and oxygen atoms in total. The predicted molar refractivity (Wildman–Crippen MR) is 67.4 cm³/mol. The topological polar surface area (TPSA) is 9.23 Å². The molecule has 0 aliphatic rings. The maximum atomic E-state index is 5.27. The first-order valence-corrected chi connectivity index (χ1v) is 7.23. The molecule has 0 saturated carbocycles. The van der Waals surface area contributed by atoms with Gasteiger partial charge < -0.3 is 4.74 Å². The van der Waals surface area contributed by atoms with Gasteiger partial charge in [-0.2, -0.15) is 23.5 Å². The fraction of sp³-hybridized carbons (Fsp3) is 0.455. The van der Waals surface area contributed by atoms with E-state index in [-0.39, 0.29) is 0 Å². The second kappa shape index (κ2) is 6.25. The summed E-state index contributed by atoms with van der Waals surface area (Å²) in [4.78, 5) is 0. The lowest BCUT2D eigenvalue weighted by Crippen LogP contribution is -1.90. The van der Waals surface area contributed by atoms with Crippen molar-refractivity contribution in [2.24, 2.45) is 0 Å². The number of hydrogen-bond acceptors (Lipinski definition) is 3. The van der Waals surface area contributed by atoms with E-state index in [2.05, 4.69) is 30.7 Å². The molecule has 0 heterocycles. The minimum atomic E-state index is 0.973. The molecule has 1 rings (SSSR count). The standard InChI is InChI=1S/C11H16OS2/c1-12-11-5-9(7-13-2)4-10(6-11)8-14-3/h4-6H,7-8H2,1-3H3. The fourth-order valence-electron chi connectivity index (χ4n) is 1.35. The van der Waals surface area contributed by atoms with Gasteiger partial charge in [0.1, 0.15) is 5.75 Å². The number of hydrogen-bond donors (Lipinski definition) is 0. The first-order chi connectivity index (χ1) is 6.80. The summed E-state index contributed by atoms with van der Waals surface area (Å²) in [5.74, 6) is 3.08. The lowest BCUT2D eigenvalue weighted by Gasteiger charge is -2.07. The van der Waals surface area contributed by atoms with Crippen molar-refractivity contribution in [1.29, 1.82) is 0 Å². The zero-order valence-electron chi connectivity index (χ0n) is 8.87. The molecular formula is C11H16OS2. The van der Waals surface area contributed by atoms with Gasteiger partial charge in [-0.25, -0.2) is 0 Å². The molecule has 0 fully saturated rings. The monoisotopic (exact) mass is 228 g/mol. The molecule has 78 valence electrons. The third-order valence-electron chi connectivity index (χ3n) is 1.88. The average Bonchev–Trinajstić information content (AvgIpc) is 2.18. The number of rotatable bonds is 5. The quantitative estimate of drug-likeness (QED) is 0.764. The molecule has 0 saturated heterocycles. The molecular weight excluding hydrogens is 212 g/mol. The Morgan fingerprint density at radius 1 is 1.00 bits per heavy atom. The summed E-state index contributed by atoms with van der Waals surface area (Å²) in [7, 11) is 1.72. The summed E-state index contributed by atoms with van der Waals surface area (Å²) in [5.41, 5.74) is 2.70. The largest absolute Gasteiger partial charge is 0.497 e. The summed E-state index contributed by atoms with van der Waals surface area (Å²) in [6, 6.07) is 6.48. The molecule has 0 amide bonds. The van der Waals surface area contributed by atoms with Crippen LogP contribution in [0.4, 0.5) is 0 Å². The molecule has 0 radical (unpaired) electrons. The van der Waals surface area contributed by atoms with Gasteiger partial charge in [0.05, 0.1) is 7.11 Å². The Kier molecular flexibility index (Phi) is 5.26. The minimum absolute atomic E-state index is 0.973. The predicted octanol–water partition coefficient (Wildman–Crippen LogP) is 3.42. The molecule has 0 N–H and O–H groups in total. The Balaban J connectivity index is 2.88. The minimum Gasteiger partial charge on any atom is -0.497 e. The molecule has 0 aliphatic heterocycles. The van der Waals surface area contributed by atoms with Gasteiger partial charge in [0, 0.05) is 11.5 Å². The third kappa shape index (κ3) is 3.46. The van der Waals surface area contributed by atoms with Crippen LogP contribution in [0.5, 0.6) is 5.75 Å². The number of ether oxygens (including phenoxy) is 1. The number of benzene rings is 1. The summed E-state index contributed by atoms with van der Waals surface area (Å²) >= 11 is 3.68. The van der Waals surface area contributed by atoms with Crippen molar-refractivity contribution in [3.8, 4) is 5.75 Å². The molecule has 3 heteroatoms. The van der Waals surface area contributed by atoms with E-state index >= 15 is 0 Å². The molecule has 0 atom stereocenters. The molecule has 0 bridgehead atoms. The Morgan fingerprint density at radius 3 is 1.86 bits per heavy atom. The number of methoxy groups -OCH3 is 1. The highest BCUT2D eigenvalue weighted by Crippen LogP contribution is 2.22. The highest BCUT2D eigenvalue weighted by atomic mass is 32.2. The number of thioether (sulfide) groups is 2. The van der Waals surface area contributed by atoms with E-state index in [0.29, 0.717) is 0 Å². The Morgan fingerprint density at radius 2 is 1.50 bits per heavy atom. The smallest absolute Gasteiger partial charge is 0.119 e. The van der Waals surface area contributed by atoms with Crippen LogP contribution in [0.25, 0.3) is 0 Å². The molecule has 1 aromatic rings. The maximum absolute atomic E-state index is 5.27. The molecule has 14 heavy (non-hydrogen) atoms. The van der Waals surface area contributed by atoms with Crippen molar-refractivity contribution in [1.82, 2.24) is 0 Å². The van der Waals surface area contributed by atoms with Crippen LogP contribution < -0.4 is 4.74 Å². The van der Waals surface area contributed by atoms with Crippen LogP contribution in [0.3, 0.4) is 0 Å². The van der Waals surface area contributed by atoms with Crippen LogP contribution >= 0.6 is 23.5 Å². The van der Waals surface area contributed by atoms with Gasteiger partial charge in [0.15, 0.2) is 0 Å². The highest BCUT2D eigenvalue weighted by molar-refractivity contribution is 7.98.